The molecule has 2 heterocycles. The molecule has 0 bridgehead atoms. The van der Waals surface area contributed by atoms with E-state index in [1.54, 1.807) is 22.8 Å². The number of rotatable bonds is 8. The summed E-state index contributed by atoms with van der Waals surface area (Å²) in [5.41, 5.74) is 2.29. The van der Waals surface area contributed by atoms with E-state index in [4.69, 9.17) is 4.74 Å². The molecule has 0 fully saturated rings. The van der Waals surface area contributed by atoms with Gasteiger partial charge in [0, 0.05) is 5.69 Å². The number of hydrogen-bond donors (Lipinski definition) is 2. The third-order valence-corrected chi connectivity index (χ3v) is 6.21. The van der Waals surface area contributed by atoms with E-state index >= 15 is 0 Å². The van der Waals surface area contributed by atoms with E-state index in [0.717, 1.165) is 11.2 Å². The zero-order chi connectivity index (χ0) is 24.9. The molecule has 0 amide bonds. The highest BCUT2D eigenvalue weighted by atomic mass is 32.2. The van der Waals surface area contributed by atoms with Gasteiger partial charge in [-0.1, -0.05) is 54.2 Å². The number of aliphatic hydroxyl groups is 1. The van der Waals surface area contributed by atoms with Crippen molar-refractivity contribution in [3.63, 3.8) is 0 Å². The number of nitrogens with zero attached hydrogens (tertiary/aromatic N) is 5. The average molecular weight is 499 g/mol. The lowest BCUT2D eigenvalue weighted by Gasteiger charge is -2.11. The SMILES string of the molecule is N#C/C(=C(/O)CSc1nnc(COc2ccccc2F)n1-c1ccccc1)c1nc2ccccc2[nH]1. The van der Waals surface area contributed by atoms with E-state index in [2.05, 4.69) is 20.2 Å². The van der Waals surface area contributed by atoms with E-state index in [9.17, 15) is 14.8 Å². The van der Waals surface area contributed by atoms with Crippen molar-refractivity contribution < 1.29 is 14.2 Å². The van der Waals surface area contributed by atoms with Gasteiger partial charge in [-0.15, -0.1) is 10.2 Å². The largest absolute Gasteiger partial charge is 0.510 e. The van der Waals surface area contributed by atoms with E-state index < -0.39 is 5.82 Å². The third-order valence-electron chi connectivity index (χ3n) is 5.27. The number of hydrogen-bond acceptors (Lipinski definition) is 7. The minimum Gasteiger partial charge on any atom is -0.510 e. The molecule has 0 radical (unpaired) electrons. The number of halogens is 1. The predicted octanol–water partition coefficient (Wildman–Crippen LogP) is 5.45. The lowest BCUT2D eigenvalue weighted by Crippen LogP contribution is -2.07. The monoisotopic (exact) mass is 498 g/mol. The lowest BCUT2D eigenvalue weighted by atomic mass is 10.2. The molecule has 8 nitrogen and oxygen atoms in total. The first kappa shape index (κ1) is 23.1. The van der Waals surface area contributed by atoms with Crippen molar-refractivity contribution in [3.05, 3.63) is 102 Å². The highest BCUT2D eigenvalue weighted by Gasteiger charge is 2.18. The van der Waals surface area contributed by atoms with Gasteiger partial charge in [-0.25, -0.2) is 9.37 Å². The number of thioether (sulfide) groups is 1. The number of aromatic amines is 1. The summed E-state index contributed by atoms with van der Waals surface area (Å²) in [7, 11) is 0. The van der Waals surface area contributed by atoms with E-state index in [-0.39, 0.29) is 29.4 Å². The Morgan fingerprint density at radius 2 is 1.78 bits per heavy atom. The molecule has 0 aliphatic heterocycles. The van der Waals surface area contributed by atoms with Gasteiger partial charge in [0.1, 0.15) is 24.0 Å². The summed E-state index contributed by atoms with van der Waals surface area (Å²) in [6, 6.07) is 24.9. The number of H-pyrrole nitrogens is 1. The molecule has 5 aromatic rings. The normalized spacial score (nSPS) is 11.8. The molecule has 36 heavy (non-hydrogen) atoms. The van der Waals surface area contributed by atoms with Gasteiger partial charge in [-0.2, -0.15) is 5.26 Å². The predicted molar refractivity (Wildman–Crippen MR) is 134 cm³/mol. The van der Waals surface area contributed by atoms with Crippen LogP contribution < -0.4 is 4.74 Å². The average Bonchev–Trinajstić information content (AvgIpc) is 3.52. The zero-order valence-corrected chi connectivity index (χ0v) is 19.6. The molecule has 0 spiro atoms. The lowest BCUT2D eigenvalue weighted by molar-refractivity contribution is 0.278. The second kappa shape index (κ2) is 10.3. The minimum absolute atomic E-state index is 0.0202. The highest BCUT2D eigenvalue weighted by Crippen LogP contribution is 2.27. The van der Waals surface area contributed by atoms with Crippen LogP contribution in [0.4, 0.5) is 4.39 Å². The highest BCUT2D eigenvalue weighted by molar-refractivity contribution is 7.99. The smallest absolute Gasteiger partial charge is 0.196 e. The van der Waals surface area contributed by atoms with Crippen molar-refractivity contribution in [2.45, 2.75) is 11.8 Å². The number of allylic oxidation sites excluding steroid dienone is 1. The molecule has 178 valence electrons. The summed E-state index contributed by atoms with van der Waals surface area (Å²) in [6.45, 7) is -0.0202. The van der Waals surface area contributed by atoms with Crippen LogP contribution in [-0.2, 0) is 6.61 Å². The maximum absolute atomic E-state index is 14.0. The Labute approximate surface area is 209 Å². The first-order chi connectivity index (χ1) is 17.6. The van der Waals surface area contributed by atoms with Crippen LogP contribution in [0.5, 0.6) is 5.75 Å². The van der Waals surface area contributed by atoms with E-state index in [1.165, 1.54) is 17.8 Å². The number of benzene rings is 3. The van der Waals surface area contributed by atoms with Crippen LogP contribution in [0.3, 0.4) is 0 Å². The molecule has 0 atom stereocenters. The number of fused-ring (bicyclic) bond motifs is 1. The Morgan fingerprint density at radius 1 is 1.03 bits per heavy atom. The summed E-state index contributed by atoms with van der Waals surface area (Å²) >= 11 is 1.20. The number of aromatic nitrogens is 5. The molecule has 3 aromatic carbocycles. The fourth-order valence-electron chi connectivity index (χ4n) is 3.56. The second-order valence-corrected chi connectivity index (χ2v) is 8.56. The molecular formula is C26H19FN6O2S. The fourth-order valence-corrected chi connectivity index (χ4v) is 4.41. The van der Waals surface area contributed by atoms with Crippen LogP contribution in [0, 0.1) is 17.1 Å². The Morgan fingerprint density at radius 3 is 2.56 bits per heavy atom. The zero-order valence-electron chi connectivity index (χ0n) is 18.8. The third kappa shape index (κ3) is 4.78. The quantitative estimate of drug-likeness (QED) is 0.166. The van der Waals surface area contributed by atoms with Crippen LogP contribution in [0.25, 0.3) is 22.3 Å². The van der Waals surface area contributed by atoms with Gasteiger partial charge in [0.2, 0.25) is 0 Å². The molecule has 0 saturated carbocycles. The first-order valence-electron chi connectivity index (χ1n) is 10.9. The fraction of sp³-hybridized carbons (Fsp3) is 0.0769. The maximum Gasteiger partial charge on any atom is 0.196 e. The van der Waals surface area contributed by atoms with Crippen LogP contribution in [0.1, 0.15) is 11.6 Å². The summed E-state index contributed by atoms with van der Waals surface area (Å²) < 4.78 is 21.4. The summed E-state index contributed by atoms with van der Waals surface area (Å²) in [6.07, 6.45) is 0. The van der Waals surface area contributed by atoms with Gasteiger partial charge < -0.3 is 14.8 Å². The Balaban J connectivity index is 1.41. The first-order valence-corrected chi connectivity index (χ1v) is 11.9. The van der Waals surface area contributed by atoms with Crippen LogP contribution in [0.15, 0.2) is 89.8 Å². The van der Waals surface area contributed by atoms with Gasteiger partial charge in [-0.05, 0) is 36.4 Å². The van der Waals surface area contributed by atoms with Crippen molar-refractivity contribution in [3.8, 4) is 17.5 Å². The number of ether oxygens (including phenoxy) is 1. The topological polar surface area (TPSA) is 113 Å². The summed E-state index contributed by atoms with van der Waals surface area (Å²) in [5.74, 6) is 0.294. The minimum atomic E-state index is -0.470. The van der Waals surface area contributed by atoms with Crippen molar-refractivity contribution in [1.82, 2.24) is 24.7 Å². The molecule has 10 heteroatoms. The van der Waals surface area contributed by atoms with Crippen molar-refractivity contribution in [2.24, 2.45) is 0 Å². The number of para-hydroxylation sites is 4. The van der Waals surface area contributed by atoms with Crippen molar-refractivity contribution >= 4 is 28.4 Å². The molecule has 0 saturated heterocycles. The van der Waals surface area contributed by atoms with Crippen molar-refractivity contribution in [2.75, 3.05) is 5.75 Å². The molecule has 0 aliphatic rings. The Bertz CT molecular complexity index is 1560. The number of imidazole rings is 1. The van der Waals surface area contributed by atoms with Gasteiger partial charge in [0.15, 0.2) is 28.4 Å². The molecule has 5 rings (SSSR count). The molecular weight excluding hydrogens is 479 g/mol. The van der Waals surface area contributed by atoms with Gasteiger partial charge >= 0.3 is 0 Å². The van der Waals surface area contributed by atoms with Gasteiger partial charge in [0.25, 0.3) is 0 Å². The van der Waals surface area contributed by atoms with Gasteiger partial charge in [-0.3, -0.25) is 4.57 Å². The number of aliphatic hydroxyl groups excluding tert-OH is 1. The van der Waals surface area contributed by atoms with E-state index in [0.29, 0.717) is 22.3 Å². The van der Waals surface area contributed by atoms with Crippen LogP contribution in [0.2, 0.25) is 0 Å². The molecule has 0 unspecified atom stereocenters. The summed E-state index contributed by atoms with van der Waals surface area (Å²) in [5, 5.41) is 29.4. The Kier molecular flexibility index (Phi) is 6.64. The Hall–Kier alpha value is -4.62. The summed E-state index contributed by atoms with van der Waals surface area (Å²) in [4.78, 5) is 7.47. The number of nitriles is 1. The van der Waals surface area contributed by atoms with Crippen LogP contribution in [-0.4, -0.2) is 35.6 Å². The van der Waals surface area contributed by atoms with Crippen molar-refractivity contribution in [1.29, 1.82) is 5.26 Å². The van der Waals surface area contributed by atoms with E-state index in [1.807, 2.05) is 60.7 Å². The number of nitrogens with one attached hydrogen (secondary N) is 1. The molecule has 2 N–H and O–H groups in total. The standard InChI is InChI=1S/C26H19FN6O2S/c27-19-10-4-7-13-23(19)35-15-24-31-32-26(33(24)17-8-2-1-3-9-17)36-16-22(34)18(14-28)25-29-20-11-5-6-12-21(20)30-25/h1-13,34H,15-16H2,(H,29,30)/b22-18-. The maximum atomic E-state index is 14.0. The molecule has 0 aliphatic carbocycles. The van der Waals surface area contributed by atoms with Gasteiger partial charge in [0.05, 0.1) is 16.8 Å². The molecule has 2 aromatic heterocycles. The second-order valence-electron chi connectivity index (χ2n) is 7.61. The van der Waals surface area contributed by atoms with Crippen LogP contribution >= 0.6 is 11.8 Å².